The Morgan fingerprint density at radius 1 is 1.11 bits per heavy atom. The Labute approximate surface area is 162 Å². The molecule has 0 bridgehead atoms. The lowest BCUT2D eigenvalue weighted by atomic mass is 9.80. The van der Waals surface area contributed by atoms with Crippen LogP contribution in [0.1, 0.15) is 18.9 Å². The maximum Gasteiger partial charge on any atom is 0.336 e. The summed E-state index contributed by atoms with van der Waals surface area (Å²) in [6, 6.07) is 15.0. The molecule has 1 aliphatic rings. The molecule has 0 fully saturated rings. The lowest BCUT2D eigenvalue weighted by Gasteiger charge is -2.39. The van der Waals surface area contributed by atoms with Gasteiger partial charge in [-0.2, -0.15) is 0 Å². The van der Waals surface area contributed by atoms with E-state index in [0.717, 1.165) is 0 Å². The fourth-order valence-corrected chi connectivity index (χ4v) is 3.82. The number of nitrogens with zero attached hydrogens (tertiary/aromatic N) is 1. The van der Waals surface area contributed by atoms with Gasteiger partial charge in [-0.15, -0.1) is 0 Å². The van der Waals surface area contributed by atoms with E-state index in [2.05, 4.69) is 5.32 Å². The number of amides is 1. The van der Waals surface area contributed by atoms with Gasteiger partial charge >= 0.3 is 5.97 Å². The number of carboxylic acid groups (broad SMARTS) is 1. The highest BCUT2D eigenvalue weighted by Crippen LogP contribution is 2.46. The molecule has 1 aliphatic heterocycles. The number of phenols is 1. The van der Waals surface area contributed by atoms with E-state index in [4.69, 9.17) is 0 Å². The quantitative estimate of drug-likeness (QED) is 0.585. The summed E-state index contributed by atoms with van der Waals surface area (Å²) in [5.74, 6) is -1.68. The third-order valence-corrected chi connectivity index (χ3v) is 5.02. The van der Waals surface area contributed by atoms with Crippen molar-refractivity contribution >= 4 is 17.6 Å². The number of benzene rings is 2. The Morgan fingerprint density at radius 3 is 2.29 bits per heavy atom. The zero-order valence-electron chi connectivity index (χ0n) is 15.4. The number of hydrogen-bond acceptors (Lipinski definition) is 5. The molecule has 146 valence electrons. The summed E-state index contributed by atoms with van der Waals surface area (Å²) in [7, 11) is 0. The second-order valence-corrected chi connectivity index (χ2v) is 6.49. The largest absolute Gasteiger partial charge is 0.508 e. The van der Waals surface area contributed by atoms with E-state index in [1.165, 1.54) is 17.0 Å². The van der Waals surface area contributed by atoms with Crippen LogP contribution in [0.5, 0.6) is 5.75 Å². The number of nitrogens with one attached hydrogen (secondary N) is 1. The molecule has 2 aromatic rings. The average molecular weight is 382 g/mol. The summed E-state index contributed by atoms with van der Waals surface area (Å²) in [6.45, 7) is 1.46. The first-order chi connectivity index (χ1) is 13.5. The first kappa shape index (κ1) is 19.4. The van der Waals surface area contributed by atoms with Crippen LogP contribution in [0.25, 0.3) is 0 Å². The molecule has 0 saturated heterocycles. The third-order valence-electron chi connectivity index (χ3n) is 5.02. The maximum absolute atomic E-state index is 13.2. The molecule has 0 spiro atoms. The number of aliphatic hydroxyl groups is 1. The van der Waals surface area contributed by atoms with Crippen molar-refractivity contribution in [3.05, 3.63) is 71.4 Å². The fraction of sp³-hybridized carbons (Fsp3) is 0.238. The van der Waals surface area contributed by atoms with Gasteiger partial charge in [-0.1, -0.05) is 37.3 Å². The van der Waals surface area contributed by atoms with Gasteiger partial charge in [0.2, 0.25) is 0 Å². The Morgan fingerprint density at radius 2 is 1.75 bits per heavy atom. The molecular weight excluding hydrogens is 360 g/mol. The minimum atomic E-state index is -1.27. The van der Waals surface area contributed by atoms with Gasteiger partial charge in [0.05, 0.1) is 12.2 Å². The van der Waals surface area contributed by atoms with Crippen LogP contribution in [0.4, 0.5) is 5.69 Å². The van der Waals surface area contributed by atoms with Gasteiger partial charge in [0.25, 0.3) is 5.91 Å². The predicted octanol–water partition coefficient (Wildman–Crippen LogP) is 2.28. The highest BCUT2D eigenvalue weighted by molar-refractivity contribution is 6.10. The highest BCUT2D eigenvalue weighted by atomic mass is 16.4. The standard InChI is InChI=1S/C21H22N2O5/c1-2-21(14-8-10-16(25)11-9-14)17(20(27)28)18(19(26)23(21)12-13-24)22-15-6-4-3-5-7-15/h3-11,22,24-25H,2,12-13H2,1H3,(H,27,28). The molecule has 1 heterocycles. The molecule has 2 aromatic carbocycles. The summed E-state index contributed by atoms with van der Waals surface area (Å²) in [5, 5.41) is 32.2. The van der Waals surface area contributed by atoms with Gasteiger partial charge in [0, 0.05) is 12.2 Å². The van der Waals surface area contributed by atoms with E-state index in [1.807, 2.05) is 6.07 Å². The number of carbonyl (C=O) groups is 2. The molecule has 7 heteroatoms. The van der Waals surface area contributed by atoms with Gasteiger partial charge in [-0.05, 0) is 36.2 Å². The van der Waals surface area contributed by atoms with Crippen molar-refractivity contribution < 1.29 is 24.9 Å². The highest BCUT2D eigenvalue weighted by Gasteiger charge is 2.54. The number of β-amino-alcohol motifs (C(OH)–C–C–N with tert-alkyl or cyclic N) is 1. The van der Waals surface area contributed by atoms with E-state index < -0.39 is 17.4 Å². The van der Waals surface area contributed by atoms with E-state index in [-0.39, 0.29) is 36.6 Å². The summed E-state index contributed by atoms with van der Waals surface area (Å²) in [5.41, 5.74) is -0.232. The smallest absolute Gasteiger partial charge is 0.336 e. The molecule has 7 nitrogen and oxygen atoms in total. The van der Waals surface area contributed by atoms with Crippen molar-refractivity contribution in [1.29, 1.82) is 0 Å². The number of hydrogen-bond donors (Lipinski definition) is 4. The van der Waals surface area contributed by atoms with Gasteiger partial charge < -0.3 is 25.5 Å². The molecule has 0 aromatic heterocycles. The van der Waals surface area contributed by atoms with Crippen LogP contribution < -0.4 is 5.32 Å². The topological polar surface area (TPSA) is 110 Å². The Hall–Kier alpha value is -3.32. The maximum atomic E-state index is 13.2. The molecular formula is C21H22N2O5. The van der Waals surface area contributed by atoms with Crippen LogP contribution in [0, 0.1) is 0 Å². The van der Waals surface area contributed by atoms with Gasteiger partial charge in [0.1, 0.15) is 17.0 Å². The second-order valence-electron chi connectivity index (χ2n) is 6.49. The molecule has 0 aliphatic carbocycles. The summed E-state index contributed by atoms with van der Waals surface area (Å²) < 4.78 is 0. The number of para-hydroxylation sites is 1. The molecule has 0 saturated carbocycles. The first-order valence-corrected chi connectivity index (χ1v) is 8.98. The third kappa shape index (κ3) is 3.10. The van der Waals surface area contributed by atoms with Crippen molar-refractivity contribution in [3.63, 3.8) is 0 Å². The molecule has 3 rings (SSSR count). The molecule has 4 N–H and O–H groups in total. The first-order valence-electron chi connectivity index (χ1n) is 8.98. The van der Waals surface area contributed by atoms with Crippen molar-refractivity contribution in [3.8, 4) is 5.75 Å². The van der Waals surface area contributed by atoms with Gasteiger partial charge in [-0.25, -0.2) is 4.79 Å². The van der Waals surface area contributed by atoms with E-state index in [9.17, 15) is 24.9 Å². The summed E-state index contributed by atoms with van der Waals surface area (Å²) >= 11 is 0. The minimum Gasteiger partial charge on any atom is -0.508 e. The Balaban J connectivity index is 2.24. The molecule has 1 atom stereocenters. The van der Waals surface area contributed by atoms with Crippen LogP contribution in [-0.2, 0) is 15.1 Å². The SMILES string of the molecule is CCC1(c2ccc(O)cc2)C(C(=O)O)=C(Nc2ccccc2)C(=O)N1CCO. The number of carboxylic acids is 1. The monoisotopic (exact) mass is 382 g/mol. The molecule has 1 unspecified atom stereocenters. The predicted molar refractivity (Wildman–Crippen MR) is 104 cm³/mol. The zero-order valence-corrected chi connectivity index (χ0v) is 15.4. The number of rotatable bonds is 7. The summed E-state index contributed by atoms with van der Waals surface area (Å²) in [4.78, 5) is 26.9. The Bertz CT molecular complexity index is 908. The number of aliphatic carboxylic acids is 1. The Kier molecular flexibility index (Phi) is 5.37. The van der Waals surface area contributed by atoms with Gasteiger partial charge in [-0.3, -0.25) is 4.79 Å². The fourth-order valence-electron chi connectivity index (χ4n) is 3.82. The van der Waals surface area contributed by atoms with E-state index >= 15 is 0 Å². The van der Waals surface area contributed by atoms with Gasteiger partial charge in [0.15, 0.2) is 0 Å². The number of aliphatic hydroxyl groups excluding tert-OH is 1. The number of phenolic OH excluding ortho intramolecular Hbond substituents is 1. The molecule has 1 amide bonds. The number of aromatic hydroxyl groups is 1. The lowest BCUT2D eigenvalue weighted by Crippen LogP contribution is -2.48. The average Bonchev–Trinajstić information content (AvgIpc) is 2.93. The van der Waals surface area contributed by atoms with Crippen molar-refractivity contribution in [2.24, 2.45) is 0 Å². The van der Waals surface area contributed by atoms with E-state index in [0.29, 0.717) is 11.3 Å². The minimum absolute atomic E-state index is 0.0235. The molecule has 0 radical (unpaired) electrons. The second kappa shape index (κ2) is 7.74. The zero-order chi connectivity index (χ0) is 20.3. The number of carbonyl (C=O) groups excluding carboxylic acids is 1. The normalized spacial score (nSPS) is 19.2. The van der Waals surface area contributed by atoms with E-state index in [1.54, 1.807) is 43.3 Å². The molecule has 28 heavy (non-hydrogen) atoms. The number of anilines is 1. The van der Waals surface area contributed by atoms with Crippen molar-refractivity contribution in [1.82, 2.24) is 4.90 Å². The van der Waals surface area contributed by atoms with Crippen LogP contribution in [0.2, 0.25) is 0 Å². The van der Waals surface area contributed by atoms with Crippen LogP contribution in [-0.4, -0.2) is 45.2 Å². The van der Waals surface area contributed by atoms with Crippen LogP contribution in [0.15, 0.2) is 65.9 Å². The lowest BCUT2D eigenvalue weighted by molar-refractivity contribution is -0.135. The summed E-state index contributed by atoms with van der Waals surface area (Å²) in [6.07, 6.45) is 0.283. The van der Waals surface area contributed by atoms with Crippen LogP contribution >= 0.6 is 0 Å². The van der Waals surface area contributed by atoms with Crippen molar-refractivity contribution in [2.75, 3.05) is 18.5 Å². The van der Waals surface area contributed by atoms with Crippen LogP contribution in [0.3, 0.4) is 0 Å². The van der Waals surface area contributed by atoms with Crippen molar-refractivity contribution in [2.45, 2.75) is 18.9 Å².